The van der Waals surface area contributed by atoms with Gasteiger partial charge in [-0.1, -0.05) is 57.2 Å². The minimum absolute atomic E-state index is 0.319. The highest BCUT2D eigenvalue weighted by molar-refractivity contribution is 5.88. The Morgan fingerprint density at radius 1 is 1.00 bits per heavy atom. The van der Waals surface area contributed by atoms with Gasteiger partial charge >= 0.3 is 5.97 Å². The molecule has 3 atom stereocenters. The molecule has 0 saturated carbocycles. The van der Waals surface area contributed by atoms with Gasteiger partial charge in [0, 0.05) is 11.4 Å². The first kappa shape index (κ1) is 17.6. The molecule has 3 nitrogen and oxygen atoms in total. The van der Waals surface area contributed by atoms with Gasteiger partial charge in [0.2, 0.25) is 0 Å². The number of hydrogen-bond acceptors (Lipinski definition) is 1. The SMILES string of the molecule is CC1Cc2c(cc(-c3ccccc3)n2-c2cccc(C(=O)O)c2)C(C)C1C. The van der Waals surface area contributed by atoms with Gasteiger partial charge in [-0.25, -0.2) is 4.79 Å². The van der Waals surface area contributed by atoms with Gasteiger partial charge in [-0.2, -0.15) is 0 Å². The van der Waals surface area contributed by atoms with E-state index >= 15 is 0 Å². The monoisotopic (exact) mass is 359 g/mol. The lowest BCUT2D eigenvalue weighted by molar-refractivity contribution is 0.0697. The van der Waals surface area contributed by atoms with Gasteiger partial charge in [-0.3, -0.25) is 0 Å². The average molecular weight is 359 g/mol. The molecule has 27 heavy (non-hydrogen) atoms. The number of hydrogen-bond donors (Lipinski definition) is 1. The number of aromatic carboxylic acids is 1. The van der Waals surface area contributed by atoms with Crippen LogP contribution in [0.1, 0.15) is 48.3 Å². The Kier molecular flexibility index (Phi) is 4.39. The molecule has 1 aromatic heterocycles. The maximum Gasteiger partial charge on any atom is 0.335 e. The van der Waals surface area contributed by atoms with Crippen LogP contribution in [0.2, 0.25) is 0 Å². The Morgan fingerprint density at radius 3 is 2.44 bits per heavy atom. The Labute approximate surface area is 160 Å². The molecule has 0 bridgehead atoms. The van der Waals surface area contributed by atoms with Crippen molar-refractivity contribution < 1.29 is 9.90 Å². The zero-order valence-corrected chi connectivity index (χ0v) is 16.0. The first-order valence-electron chi connectivity index (χ1n) is 9.61. The summed E-state index contributed by atoms with van der Waals surface area (Å²) in [6.07, 6.45) is 1.00. The fourth-order valence-corrected chi connectivity index (χ4v) is 4.33. The van der Waals surface area contributed by atoms with E-state index in [1.807, 2.05) is 30.3 Å². The van der Waals surface area contributed by atoms with Gasteiger partial charge in [-0.05, 0) is 59.6 Å². The second kappa shape index (κ2) is 6.73. The average Bonchev–Trinajstić information content (AvgIpc) is 3.06. The summed E-state index contributed by atoms with van der Waals surface area (Å²) in [7, 11) is 0. The molecular weight excluding hydrogens is 334 g/mol. The van der Waals surface area contributed by atoms with Crippen LogP contribution >= 0.6 is 0 Å². The number of rotatable bonds is 3. The maximum atomic E-state index is 11.5. The van der Waals surface area contributed by atoms with Crippen LogP contribution in [0.3, 0.4) is 0 Å². The second-order valence-electron chi connectivity index (χ2n) is 7.82. The van der Waals surface area contributed by atoms with Crippen LogP contribution in [0.4, 0.5) is 0 Å². The number of carboxylic acids is 1. The molecule has 1 aliphatic rings. The zero-order valence-electron chi connectivity index (χ0n) is 16.0. The van der Waals surface area contributed by atoms with E-state index in [-0.39, 0.29) is 0 Å². The third kappa shape index (κ3) is 2.97. The summed E-state index contributed by atoms with van der Waals surface area (Å²) in [5, 5.41) is 9.44. The minimum Gasteiger partial charge on any atom is -0.478 e. The molecule has 0 fully saturated rings. The highest BCUT2D eigenvalue weighted by Crippen LogP contribution is 2.43. The summed E-state index contributed by atoms with van der Waals surface area (Å²) < 4.78 is 2.27. The van der Waals surface area contributed by atoms with Crippen LogP contribution in [0.15, 0.2) is 60.7 Å². The first-order valence-corrected chi connectivity index (χ1v) is 9.61. The van der Waals surface area contributed by atoms with Crippen LogP contribution in [0, 0.1) is 11.8 Å². The summed E-state index contributed by atoms with van der Waals surface area (Å²) in [5.41, 5.74) is 6.23. The van der Waals surface area contributed by atoms with E-state index in [1.165, 1.54) is 11.3 Å². The smallest absolute Gasteiger partial charge is 0.335 e. The predicted molar refractivity (Wildman–Crippen MR) is 109 cm³/mol. The van der Waals surface area contributed by atoms with Crippen molar-refractivity contribution in [2.75, 3.05) is 0 Å². The molecule has 1 aliphatic carbocycles. The fraction of sp³-hybridized carbons (Fsp3) is 0.292. The van der Waals surface area contributed by atoms with Crippen molar-refractivity contribution in [3.8, 4) is 16.9 Å². The van der Waals surface area contributed by atoms with Crippen molar-refractivity contribution in [2.45, 2.75) is 33.1 Å². The van der Waals surface area contributed by atoms with Gasteiger partial charge in [0.05, 0.1) is 11.3 Å². The molecule has 3 heteroatoms. The summed E-state index contributed by atoms with van der Waals surface area (Å²) in [6, 6.07) is 19.9. The van der Waals surface area contributed by atoms with E-state index in [4.69, 9.17) is 0 Å². The van der Waals surface area contributed by atoms with Crippen molar-refractivity contribution in [2.24, 2.45) is 11.8 Å². The highest BCUT2D eigenvalue weighted by atomic mass is 16.4. The number of carboxylic acid groups (broad SMARTS) is 1. The van der Waals surface area contributed by atoms with Crippen molar-refractivity contribution in [1.82, 2.24) is 4.57 Å². The van der Waals surface area contributed by atoms with Crippen LogP contribution in [-0.4, -0.2) is 15.6 Å². The molecule has 0 radical (unpaired) electrons. The maximum absolute atomic E-state index is 11.5. The third-order valence-corrected chi connectivity index (χ3v) is 6.25. The summed E-state index contributed by atoms with van der Waals surface area (Å²) in [6.45, 7) is 6.96. The number of benzene rings is 2. The lowest BCUT2D eigenvalue weighted by Crippen LogP contribution is -2.25. The molecule has 3 unspecified atom stereocenters. The molecule has 1 N–H and O–H groups in total. The van der Waals surface area contributed by atoms with Crippen LogP contribution < -0.4 is 0 Å². The van der Waals surface area contributed by atoms with Gasteiger partial charge in [0.1, 0.15) is 0 Å². The quantitative estimate of drug-likeness (QED) is 0.644. The van der Waals surface area contributed by atoms with Crippen LogP contribution in [0.25, 0.3) is 16.9 Å². The molecule has 0 saturated heterocycles. The summed E-state index contributed by atoms with van der Waals surface area (Å²) in [5.74, 6) is 0.805. The topological polar surface area (TPSA) is 42.2 Å². The van der Waals surface area contributed by atoms with Crippen LogP contribution in [0.5, 0.6) is 0 Å². The number of aromatic nitrogens is 1. The molecule has 4 rings (SSSR count). The molecular formula is C24H25NO2. The Hall–Kier alpha value is -2.81. The standard InChI is InChI=1S/C24H25NO2/c1-15-12-23-21(17(3)16(15)2)14-22(18-8-5-4-6-9-18)25(23)20-11-7-10-19(13-20)24(26)27/h4-11,13-17H,12H2,1-3H3,(H,26,27). The van der Waals surface area contributed by atoms with E-state index < -0.39 is 5.97 Å². The number of fused-ring (bicyclic) bond motifs is 1. The molecule has 3 aromatic rings. The molecule has 0 amide bonds. The largest absolute Gasteiger partial charge is 0.478 e. The lowest BCUT2D eigenvalue weighted by Gasteiger charge is -2.33. The number of nitrogens with zero attached hydrogens (tertiary/aromatic N) is 1. The van der Waals surface area contributed by atoms with Gasteiger partial charge in [0.25, 0.3) is 0 Å². The van der Waals surface area contributed by atoms with E-state index in [2.05, 4.69) is 43.5 Å². The van der Waals surface area contributed by atoms with E-state index in [9.17, 15) is 9.90 Å². The van der Waals surface area contributed by atoms with Gasteiger partial charge in [-0.15, -0.1) is 0 Å². The molecule has 0 spiro atoms. The highest BCUT2D eigenvalue weighted by Gasteiger charge is 2.32. The molecule has 0 aliphatic heterocycles. The fourth-order valence-electron chi connectivity index (χ4n) is 4.33. The van der Waals surface area contributed by atoms with Crippen molar-refractivity contribution in [3.05, 3.63) is 77.5 Å². The van der Waals surface area contributed by atoms with Crippen molar-refractivity contribution >= 4 is 5.97 Å². The summed E-state index contributed by atoms with van der Waals surface area (Å²) in [4.78, 5) is 11.5. The van der Waals surface area contributed by atoms with Gasteiger partial charge in [0.15, 0.2) is 0 Å². The third-order valence-electron chi connectivity index (χ3n) is 6.25. The Balaban J connectivity index is 1.98. The lowest BCUT2D eigenvalue weighted by atomic mass is 9.73. The summed E-state index contributed by atoms with van der Waals surface area (Å²) >= 11 is 0. The normalized spacial score (nSPS) is 21.7. The Morgan fingerprint density at radius 2 is 1.74 bits per heavy atom. The van der Waals surface area contributed by atoms with Crippen molar-refractivity contribution in [3.63, 3.8) is 0 Å². The molecule has 1 heterocycles. The van der Waals surface area contributed by atoms with E-state index in [1.54, 1.807) is 12.1 Å². The van der Waals surface area contributed by atoms with Crippen molar-refractivity contribution in [1.29, 1.82) is 0 Å². The molecule has 2 aromatic carbocycles. The predicted octanol–water partition coefficient (Wildman–Crippen LogP) is 5.77. The minimum atomic E-state index is -0.894. The first-order chi connectivity index (χ1) is 13.0. The van der Waals surface area contributed by atoms with E-state index in [0.29, 0.717) is 23.3 Å². The molecule has 138 valence electrons. The van der Waals surface area contributed by atoms with E-state index in [0.717, 1.165) is 23.4 Å². The second-order valence-corrected chi connectivity index (χ2v) is 7.82. The zero-order chi connectivity index (χ0) is 19.1. The van der Waals surface area contributed by atoms with Crippen LogP contribution in [-0.2, 0) is 6.42 Å². The number of carbonyl (C=O) groups is 1. The van der Waals surface area contributed by atoms with Gasteiger partial charge < -0.3 is 9.67 Å². The Bertz CT molecular complexity index is 987.